The molecule has 0 radical (unpaired) electrons. The Morgan fingerprint density at radius 3 is 2.62 bits per heavy atom. The van der Waals surface area contributed by atoms with Gasteiger partial charge in [-0.15, -0.1) is 0 Å². The summed E-state index contributed by atoms with van der Waals surface area (Å²) in [5.41, 5.74) is 8.55. The quantitative estimate of drug-likeness (QED) is 0.761. The first kappa shape index (κ1) is 15.2. The fraction of sp³-hybridized carbons (Fsp3) is 0.235. The molecule has 2 aromatic carbocycles. The molecule has 0 aliphatic heterocycles. The molecular formula is C17H20N2O2. The molecule has 0 saturated heterocycles. The van der Waals surface area contributed by atoms with Gasteiger partial charge < -0.3 is 16.2 Å². The third-order valence-corrected chi connectivity index (χ3v) is 3.26. The summed E-state index contributed by atoms with van der Waals surface area (Å²) < 4.78 is 0. The van der Waals surface area contributed by atoms with Gasteiger partial charge in [0.25, 0.3) is 0 Å². The standard InChI is InChI=1S/C17H20N2O2/c18-16(14-8-2-1-3-9-14)17(21)19-15-10-4-6-13(12-15)7-5-11-20/h1-4,6,8-10,12,16,20H,5,7,11,18H2,(H,19,21). The monoisotopic (exact) mass is 284 g/mol. The van der Waals surface area contributed by atoms with Gasteiger partial charge >= 0.3 is 0 Å². The van der Waals surface area contributed by atoms with Crippen molar-refractivity contribution in [1.29, 1.82) is 0 Å². The van der Waals surface area contributed by atoms with Crippen molar-refractivity contribution in [2.45, 2.75) is 18.9 Å². The Kier molecular flexibility index (Phi) is 5.49. The summed E-state index contributed by atoms with van der Waals surface area (Å²) in [5, 5.41) is 11.7. The maximum Gasteiger partial charge on any atom is 0.245 e. The highest BCUT2D eigenvalue weighted by Gasteiger charge is 2.15. The van der Waals surface area contributed by atoms with Crippen molar-refractivity contribution >= 4 is 11.6 Å². The first-order valence-corrected chi connectivity index (χ1v) is 7.02. The maximum absolute atomic E-state index is 12.2. The van der Waals surface area contributed by atoms with E-state index in [1.807, 2.05) is 54.6 Å². The van der Waals surface area contributed by atoms with Crippen LogP contribution < -0.4 is 11.1 Å². The molecule has 0 aliphatic rings. The summed E-state index contributed by atoms with van der Waals surface area (Å²) in [6, 6.07) is 16.2. The van der Waals surface area contributed by atoms with Gasteiger partial charge in [-0.2, -0.15) is 0 Å². The topological polar surface area (TPSA) is 75.4 Å². The molecule has 0 aliphatic carbocycles. The van der Waals surface area contributed by atoms with Crippen LogP contribution in [0.15, 0.2) is 54.6 Å². The Bertz CT molecular complexity index is 584. The van der Waals surface area contributed by atoms with Gasteiger partial charge in [0.2, 0.25) is 5.91 Å². The molecule has 0 saturated carbocycles. The number of benzene rings is 2. The number of rotatable bonds is 6. The van der Waals surface area contributed by atoms with Crippen molar-refractivity contribution in [3.8, 4) is 0 Å². The summed E-state index contributed by atoms with van der Waals surface area (Å²) in [7, 11) is 0. The van der Waals surface area contributed by atoms with Gasteiger partial charge in [-0.25, -0.2) is 0 Å². The van der Waals surface area contributed by atoms with Crippen LogP contribution in [-0.2, 0) is 11.2 Å². The lowest BCUT2D eigenvalue weighted by molar-refractivity contribution is -0.117. The molecular weight excluding hydrogens is 264 g/mol. The fourth-order valence-corrected chi connectivity index (χ4v) is 2.12. The Morgan fingerprint density at radius 2 is 1.90 bits per heavy atom. The van der Waals surface area contributed by atoms with E-state index in [1.165, 1.54) is 0 Å². The SMILES string of the molecule is NC(C(=O)Nc1cccc(CCCO)c1)c1ccccc1. The number of hydrogen-bond donors (Lipinski definition) is 3. The van der Waals surface area contributed by atoms with Crippen LogP contribution >= 0.6 is 0 Å². The molecule has 2 aromatic rings. The number of nitrogens with two attached hydrogens (primary N) is 1. The van der Waals surface area contributed by atoms with E-state index >= 15 is 0 Å². The van der Waals surface area contributed by atoms with Crippen LogP contribution in [0.4, 0.5) is 5.69 Å². The van der Waals surface area contributed by atoms with Crippen molar-refractivity contribution in [1.82, 2.24) is 0 Å². The minimum atomic E-state index is -0.688. The lowest BCUT2D eigenvalue weighted by Crippen LogP contribution is -2.27. The van der Waals surface area contributed by atoms with Crippen LogP contribution in [-0.4, -0.2) is 17.6 Å². The Labute approximate surface area is 124 Å². The van der Waals surface area contributed by atoms with Crippen molar-refractivity contribution in [3.05, 3.63) is 65.7 Å². The van der Waals surface area contributed by atoms with Gasteiger partial charge in [-0.05, 0) is 36.1 Å². The number of aryl methyl sites for hydroxylation is 1. The van der Waals surface area contributed by atoms with Crippen molar-refractivity contribution in [2.75, 3.05) is 11.9 Å². The van der Waals surface area contributed by atoms with Crippen molar-refractivity contribution in [2.24, 2.45) is 5.73 Å². The first-order valence-electron chi connectivity index (χ1n) is 7.02. The number of anilines is 1. The summed E-state index contributed by atoms with van der Waals surface area (Å²) in [6.07, 6.45) is 1.49. The average Bonchev–Trinajstić information content (AvgIpc) is 2.53. The smallest absolute Gasteiger partial charge is 0.245 e. The van der Waals surface area contributed by atoms with Gasteiger partial charge in [0.05, 0.1) is 0 Å². The zero-order valence-corrected chi connectivity index (χ0v) is 11.8. The van der Waals surface area contributed by atoms with Crippen LogP contribution in [0, 0.1) is 0 Å². The van der Waals surface area contributed by atoms with E-state index in [9.17, 15) is 4.79 Å². The van der Waals surface area contributed by atoms with Crippen LogP contribution in [0.25, 0.3) is 0 Å². The number of carbonyl (C=O) groups is 1. The second kappa shape index (κ2) is 7.57. The number of carbonyl (C=O) groups excluding carboxylic acids is 1. The van der Waals surface area contributed by atoms with Gasteiger partial charge in [0, 0.05) is 12.3 Å². The molecule has 110 valence electrons. The van der Waals surface area contributed by atoms with Crippen molar-refractivity contribution < 1.29 is 9.90 Å². The van der Waals surface area contributed by atoms with E-state index in [0.717, 1.165) is 23.2 Å². The predicted octanol–water partition coefficient (Wildman–Crippen LogP) is 2.25. The lowest BCUT2D eigenvalue weighted by atomic mass is 10.1. The van der Waals surface area contributed by atoms with Gasteiger partial charge in [-0.3, -0.25) is 4.79 Å². The Balaban J connectivity index is 2.02. The summed E-state index contributed by atoms with van der Waals surface area (Å²) in [4.78, 5) is 12.2. The molecule has 1 amide bonds. The Morgan fingerprint density at radius 1 is 1.14 bits per heavy atom. The highest BCUT2D eigenvalue weighted by molar-refractivity contribution is 5.95. The minimum absolute atomic E-state index is 0.162. The predicted molar refractivity (Wildman–Crippen MR) is 83.8 cm³/mol. The molecule has 0 spiro atoms. The molecule has 2 rings (SSSR count). The van der Waals surface area contributed by atoms with E-state index in [0.29, 0.717) is 6.42 Å². The molecule has 1 unspecified atom stereocenters. The molecule has 4 N–H and O–H groups in total. The van der Waals surface area contributed by atoms with E-state index in [-0.39, 0.29) is 12.5 Å². The van der Waals surface area contributed by atoms with Crippen LogP contribution in [0.1, 0.15) is 23.6 Å². The molecule has 1 atom stereocenters. The highest BCUT2D eigenvalue weighted by Crippen LogP contribution is 2.16. The zero-order valence-electron chi connectivity index (χ0n) is 11.8. The molecule has 21 heavy (non-hydrogen) atoms. The maximum atomic E-state index is 12.2. The largest absolute Gasteiger partial charge is 0.396 e. The molecule has 0 aromatic heterocycles. The van der Waals surface area contributed by atoms with E-state index in [2.05, 4.69) is 5.32 Å². The molecule has 0 bridgehead atoms. The number of hydrogen-bond acceptors (Lipinski definition) is 3. The second-order valence-corrected chi connectivity index (χ2v) is 4.91. The summed E-state index contributed by atoms with van der Waals surface area (Å²) >= 11 is 0. The number of nitrogens with one attached hydrogen (secondary N) is 1. The third-order valence-electron chi connectivity index (χ3n) is 3.26. The second-order valence-electron chi connectivity index (χ2n) is 4.91. The van der Waals surface area contributed by atoms with Crippen LogP contribution in [0.5, 0.6) is 0 Å². The molecule has 4 heteroatoms. The van der Waals surface area contributed by atoms with E-state index in [1.54, 1.807) is 0 Å². The van der Waals surface area contributed by atoms with Crippen molar-refractivity contribution in [3.63, 3.8) is 0 Å². The first-order chi connectivity index (χ1) is 10.2. The lowest BCUT2D eigenvalue weighted by Gasteiger charge is -2.13. The summed E-state index contributed by atoms with van der Waals surface area (Å²) in [6.45, 7) is 0.162. The molecule has 4 nitrogen and oxygen atoms in total. The van der Waals surface area contributed by atoms with Gasteiger partial charge in [0.15, 0.2) is 0 Å². The molecule has 0 heterocycles. The van der Waals surface area contributed by atoms with Gasteiger partial charge in [0.1, 0.15) is 6.04 Å². The summed E-state index contributed by atoms with van der Waals surface area (Å²) in [5.74, 6) is -0.236. The number of aliphatic hydroxyl groups is 1. The van der Waals surface area contributed by atoms with Crippen LogP contribution in [0.3, 0.4) is 0 Å². The normalized spacial score (nSPS) is 11.9. The molecule has 0 fully saturated rings. The van der Waals surface area contributed by atoms with Crippen LogP contribution in [0.2, 0.25) is 0 Å². The minimum Gasteiger partial charge on any atom is -0.396 e. The fourth-order valence-electron chi connectivity index (χ4n) is 2.12. The third kappa shape index (κ3) is 4.41. The zero-order chi connectivity index (χ0) is 15.1. The Hall–Kier alpha value is -2.17. The number of aliphatic hydroxyl groups excluding tert-OH is 1. The number of amides is 1. The van der Waals surface area contributed by atoms with E-state index in [4.69, 9.17) is 10.8 Å². The average molecular weight is 284 g/mol. The van der Waals surface area contributed by atoms with E-state index < -0.39 is 6.04 Å². The van der Waals surface area contributed by atoms with Gasteiger partial charge in [-0.1, -0.05) is 42.5 Å². The highest BCUT2D eigenvalue weighted by atomic mass is 16.2.